The number of halogens is 1. The Labute approximate surface area is 81.5 Å². The van der Waals surface area contributed by atoms with E-state index in [0.717, 1.165) is 0 Å². The Morgan fingerprint density at radius 2 is 2.38 bits per heavy atom. The quantitative estimate of drug-likeness (QED) is 0.661. The van der Waals surface area contributed by atoms with E-state index in [0.29, 0.717) is 22.8 Å². The lowest BCUT2D eigenvalue weighted by Gasteiger charge is -1.95. The van der Waals surface area contributed by atoms with Crippen molar-refractivity contribution in [2.24, 2.45) is 0 Å². The van der Waals surface area contributed by atoms with Crippen molar-refractivity contribution in [2.45, 2.75) is 6.42 Å². The zero-order chi connectivity index (χ0) is 9.68. The van der Waals surface area contributed by atoms with E-state index in [1.165, 1.54) is 6.20 Å². The van der Waals surface area contributed by atoms with Crippen molar-refractivity contribution in [3.8, 4) is 11.8 Å². The summed E-state index contributed by atoms with van der Waals surface area (Å²) in [6, 6.07) is 1.55. The second-order valence-electron chi connectivity index (χ2n) is 2.36. The molecule has 1 rings (SSSR count). The van der Waals surface area contributed by atoms with Crippen LogP contribution in [0, 0.1) is 11.8 Å². The second-order valence-corrected chi connectivity index (χ2v) is 2.77. The summed E-state index contributed by atoms with van der Waals surface area (Å²) in [6.45, 7) is 0.0486. The van der Waals surface area contributed by atoms with Crippen LogP contribution in [0.3, 0.4) is 0 Å². The fraction of sp³-hybridized carbons (Fsp3) is 0.222. The summed E-state index contributed by atoms with van der Waals surface area (Å²) in [4.78, 5) is 3.85. The van der Waals surface area contributed by atoms with Gasteiger partial charge in [-0.05, 0) is 0 Å². The second kappa shape index (κ2) is 4.70. The fourth-order valence-electron chi connectivity index (χ4n) is 0.751. The molecule has 0 saturated carbocycles. The first-order valence-electron chi connectivity index (χ1n) is 3.75. The number of nitrogen functional groups attached to an aromatic ring is 1. The number of nitrogens with zero attached hydrogens (tertiary/aromatic N) is 1. The molecule has 0 spiro atoms. The smallest absolute Gasteiger partial charge is 0.124 e. The molecule has 0 aliphatic heterocycles. The number of rotatable bonds is 1. The van der Waals surface area contributed by atoms with Crippen LogP contribution in [0.15, 0.2) is 12.3 Å². The van der Waals surface area contributed by atoms with Crippen LogP contribution in [0.5, 0.6) is 0 Å². The topological polar surface area (TPSA) is 59.1 Å². The highest BCUT2D eigenvalue weighted by atomic mass is 35.5. The van der Waals surface area contributed by atoms with Crippen LogP contribution >= 0.6 is 11.6 Å². The molecule has 1 aromatic rings. The van der Waals surface area contributed by atoms with E-state index in [9.17, 15) is 0 Å². The normalized spacial score (nSPS) is 9.08. The highest BCUT2D eigenvalue weighted by Crippen LogP contribution is 2.15. The average molecular weight is 197 g/mol. The minimum absolute atomic E-state index is 0.0486. The molecule has 0 unspecified atom stereocenters. The third-order valence-electron chi connectivity index (χ3n) is 1.33. The Morgan fingerprint density at radius 3 is 3.00 bits per heavy atom. The van der Waals surface area contributed by atoms with Crippen molar-refractivity contribution in [3.63, 3.8) is 0 Å². The molecule has 4 heteroatoms. The van der Waals surface area contributed by atoms with Gasteiger partial charge in [0.1, 0.15) is 5.82 Å². The molecule has 0 bridgehead atoms. The van der Waals surface area contributed by atoms with Gasteiger partial charge in [0, 0.05) is 18.7 Å². The van der Waals surface area contributed by atoms with Gasteiger partial charge in [0.25, 0.3) is 0 Å². The van der Waals surface area contributed by atoms with Crippen LogP contribution in [-0.2, 0) is 0 Å². The molecular formula is C9H9ClN2O. The Balaban J connectivity index is 2.85. The van der Waals surface area contributed by atoms with Gasteiger partial charge in [-0.25, -0.2) is 4.98 Å². The van der Waals surface area contributed by atoms with Crippen molar-refractivity contribution in [1.82, 2.24) is 4.98 Å². The van der Waals surface area contributed by atoms with E-state index >= 15 is 0 Å². The van der Waals surface area contributed by atoms with Crippen molar-refractivity contribution >= 4 is 17.4 Å². The number of aromatic nitrogens is 1. The van der Waals surface area contributed by atoms with Crippen LogP contribution in [0.4, 0.5) is 5.82 Å². The summed E-state index contributed by atoms with van der Waals surface area (Å²) in [7, 11) is 0. The Morgan fingerprint density at radius 1 is 1.62 bits per heavy atom. The molecule has 0 fully saturated rings. The molecule has 0 aromatic carbocycles. The van der Waals surface area contributed by atoms with Gasteiger partial charge in [-0.1, -0.05) is 23.4 Å². The van der Waals surface area contributed by atoms with Crippen LogP contribution in [0.1, 0.15) is 12.0 Å². The molecule has 68 valence electrons. The zero-order valence-electron chi connectivity index (χ0n) is 6.92. The molecule has 0 saturated heterocycles. The molecule has 1 aromatic heterocycles. The third-order valence-corrected chi connectivity index (χ3v) is 1.65. The molecular weight excluding hydrogens is 188 g/mol. The van der Waals surface area contributed by atoms with Crippen molar-refractivity contribution in [1.29, 1.82) is 0 Å². The minimum Gasteiger partial charge on any atom is -0.395 e. The number of nitrogens with two attached hydrogens (primary N) is 1. The average Bonchev–Trinajstić information content (AvgIpc) is 2.09. The molecule has 3 nitrogen and oxygen atoms in total. The zero-order valence-corrected chi connectivity index (χ0v) is 7.67. The summed E-state index contributed by atoms with van der Waals surface area (Å²) >= 11 is 5.82. The lowest BCUT2D eigenvalue weighted by molar-refractivity contribution is 0.305. The van der Waals surface area contributed by atoms with E-state index < -0.39 is 0 Å². The van der Waals surface area contributed by atoms with Gasteiger partial charge in [0.05, 0.1) is 17.2 Å². The molecule has 1 heterocycles. The van der Waals surface area contributed by atoms with Crippen molar-refractivity contribution in [2.75, 3.05) is 12.3 Å². The Bertz CT molecular complexity index is 354. The number of aliphatic hydroxyl groups is 1. The van der Waals surface area contributed by atoms with Crippen LogP contribution in [0.2, 0.25) is 5.02 Å². The van der Waals surface area contributed by atoms with Crippen LogP contribution in [0.25, 0.3) is 0 Å². The summed E-state index contributed by atoms with van der Waals surface area (Å²) in [5.41, 5.74) is 6.03. The van der Waals surface area contributed by atoms with Gasteiger partial charge in [-0.2, -0.15) is 0 Å². The van der Waals surface area contributed by atoms with E-state index in [4.69, 9.17) is 22.4 Å². The summed E-state index contributed by atoms with van der Waals surface area (Å²) in [5, 5.41) is 8.97. The monoisotopic (exact) mass is 196 g/mol. The number of hydrogen-bond acceptors (Lipinski definition) is 3. The lowest BCUT2D eigenvalue weighted by atomic mass is 10.2. The van der Waals surface area contributed by atoms with Gasteiger partial charge in [-0.3, -0.25) is 0 Å². The SMILES string of the molecule is Nc1cc(Cl)c(C#CCCO)cn1. The molecule has 0 atom stereocenters. The molecule has 0 radical (unpaired) electrons. The van der Waals surface area contributed by atoms with E-state index in [2.05, 4.69) is 16.8 Å². The van der Waals surface area contributed by atoms with Crippen LogP contribution < -0.4 is 5.73 Å². The minimum atomic E-state index is 0.0486. The maximum atomic E-state index is 8.49. The number of hydrogen-bond donors (Lipinski definition) is 2. The van der Waals surface area contributed by atoms with Gasteiger partial charge in [-0.15, -0.1) is 0 Å². The molecule has 13 heavy (non-hydrogen) atoms. The number of anilines is 1. The Kier molecular flexibility index (Phi) is 3.56. The van der Waals surface area contributed by atoms with Gasteiger partial charge >= 0.3 is 0 Å². The highest BCUT2D eigenvalue weighted by molar-refractivity contribution is 6.31. The van der Waals surface area contributed by atoms with Crippen LogP contribution in [-0.4, -0.2) is 16.7 Å². The van der Waals surface area contributed by atoms with Crippen molar-refractivity contribution < 1.29 is 5.11 Å². The number of aliphatic hydroxyl groups excluding tert-OH is 1. The lowest BCUT2D eigenvalue weighted by Crippen LogP contribution is -1.90. The largest absolute Gasteiger partial charge is 0.395 e. The van der Waals surface area contributed by atoms with E-state index in [-0.39, 0.29) is 6.61 Å². The first-order chi connectivity index (χ1) is 6.24. The predicted octanol–water partition coefficient (Wildman–Crippen LogP) is 1.05. The molecule has 0 aliphatic rings. The molecule has 0 amide bonds. The molecule has 3 N–H and O–H groups in total. The predicted molar refractivity (Wildman–Crippen MR) is 52.2 cm³/mol. The Hall–Kier alpha value is -1.24. The van der Waals surface area contributed by atoms with E-state index in [1.807, 2.05) is 0 Å². The summed E-state index contributed by atoms with van der Waals surface area (Å²) in [5.74, 6) is 5.90. The summed E-state index contributed by atoms with van der Waals surface area (Å²) in [6.07, 6.45) is 1.95. The summed E-state index contributed by atoms with van der Waals surface area (Å²) < 4.78 is 0. The first kappa shape index (κ1) is 9.85. The van der Waals surface area contributed by atoms with E-state index in [1.54, 1.807) is 6.07 Å². The molecule has 0 aliphatic carbocycles. The standard InChI is InChI=1S/C9H9ClN2O/c10-8-5-9(11)12-6-7(8)3-1-2-4-13/h5-6,13H,2,4H2,(H2,11,12). The maximum Gasteiger partial charge on any atom is 0.124 e. The van der Waals surface area contributed by atoms with Gasteiger partial charge in [0.2, 0.25) is 0 Å². The number of pyridine rings is 1. The van der Waals surface area contributed by atoms with Crippen molar-refractivity contribution in [3.05, 3.63) is 22.8 Å². The van der Waals surface area contributed by atoms with Gasteiger partial charge in [0.15, 0.2) is 0 Å². The van der Waals surface area contributed by atoms with Gasteiger partial charge < -0.3 is 10.8 Å². The maximum absolute atomic E-state index is 8.49. The first-order valence-corrected chi connectivity index (χ1v) is 4.12. The third kappa shape index (κ3) is 2.94. The fourth-order valence-corrected chi connectivity index (χ4v) is 0.959. The highest BCUT2D eigenvalue weighted by Gasteiger charge is 1.96.